The molecule has 3 nitrogen and oxygen atoms in total. The third-order valence-electron chi connectivity index (χ3n) is 2.14. The van der Waals surface area contributed by atoms with Gasteiger partial charge in [0.25, 0.3) is 0 Å². The molecule has 0 saturated heterocycles. The van der Waals surface area contributed by atoms with Crippen LogP contribution >= 0.6 is 0 Å². The van der Waals surface area contributed by atoms with Crippen LogP contribution < -0.4 is 5.32 Å². The van der Waals surface area contributed by atoms with Crippen molar-refractivity contribution in [1.29, 1.82) is 5.26 Å². The second-order valence-electron chi connectivity index (χ2n) is 3.70. The van der Waals surface area contributed by atoms with Crippen LogP contribution in [-0.2, 0) is 4.79 Å². The summed E-state index contributed by atoms with van der Waals surface area (Å²) in [6.07, 6.45) is 0.582. The van der Waals surface area contributed by atoms with E-state index in [2.05, 4.69) is 23.2 Å². The Kier molecular flexibility index (Phi) is 4.78. The Morgan fingerprint density at radius 3 is 2.82 bits per heavy atom. The van der Waals surface area contributed by atoms with E-state index in [1.807, 2.05) is 25.1 Å². The zero-order chi connectivity index (χ0) is 12.7. The zero-order valence-electron chi connectivity index (χ0n) is 10.0. The van der Waals surface area contributed by atoms with Crippen molar-refractivity contribution in [3.05, 3.63) is 34.9 Å². The summed E-state index contributed by atoms with van der Waals surface area (Å²) in [5.74, 6) is 5.82. The summed E-state index contributed by atoms with van der Waals surface area (Å²) in [4.78, 5) is 10.6. The van der Waals surface area contributed by atoms with Gasteiger partial charge in [-0.25, -0.2) is 0 Å². The molecule has 0 atom stereocenters. The summed E-state index contributed by atoms with van der Waals surface area (Å²) in [5, 5.41) is 11.6. The molecule has 86 valence electrons. The molecule has 0 aliphatic heterocycles. The maximum Gasteiger partial charge on any atom is 0.216 e. The molecule has 0 saturated carbocycles. The highest BCUT2D eigenvalue weighted by molar-refractivity contribution is 5.72. The maximum atomic E-state index is 10.6. The van der Waals surface area contributed by atoms with Crippen LogP contribution in [0, 0.1) is 30.1 Å². The summed E-state index contributed by atoms with van der Waals surface area (Å²) < 4.78 is 0. The number of hydrogen-bond acceptors (Lipinski definition) is 2. The molecule has 3 heteroatoms. The largest absolute Gasteiger partial charge is 0.355 e. The first-order valence-corrected chi connectivity index (χ1v) is 5.37. The van der Waals surface area contributed by atoms with Gasteiger partial charge < -0.3 is 5.32 Å². The zero-order valence-corrected chi connectivity index (χ0v) is 10.0. The van der Waals surface area contributed by atoms with Gasteiger partial charge in [0.1, 0.15) is 6.07 Å². The third kappa shape index (κ3) is 4.40. The Morgan fingerprint density at radius 1 is 1.41 bits per heavy atom. The van der Waals surface area contributed by atoms with Crippen molar-refractivity contribution in [2.24, 2.45) is 0 Å². The third-order valence-corrected chi connectivity index (χ3v) is 2.14. The standard InChI is InChI=1S/C14H14N2O/c1-11-6-7-13(14(9-11)10-15)5-3-4-8-16-12(2)17/h6-7,9H,4,8H2,1-2H3,(H,16,17). The number of nitriles is 1. The Morgan fingerprint density at radius 2 is 2.18 bits per heavy atom. The minimum Gasteiger partial charge on any atom is -0.355 e. The summed E-state index contributed by atoms with van der Waals surface area (Å²) in [5.41, 5.74) is 2.38. The monoisotopic (exact) mass is 226 g/mol. The van der Waals surface area contributed by atoms with Crippen LogP contribution in [0.5, 0.6) is 0 Å². The summed E-state index contributed by atoms with van der Waals surface area (Å²) in [7, 11) is 0. The van der Waals surface area contributed by atoms with Gasteiger partial charge in [0.2, 0.25) is 5.91 Å². The molecule has 1 aromatic rings. The van der Waals surface area contributed by atoms with Gasteiger partial charge in [0.05, 0.1) is 5.56 Å². The molecule has 1 amide bonds. The fraction of sp³-hybridized carbons (Fsp3) is 0.286. The van der Waals surface area contributed by atoms with E-state index in [1.165, 1.54) is 6.92 Å². The van der Waals surface area contributed by atoms with E-state index in [9.17, 15) is 4.79 Å². The fourth-order valence-corrected chi connectivity index (χ4v) is 1.32. The fourth-order valence-electron chi connectivity index (χ4n) is 1.32. The second kappa shape index (κ2) is 6.35. The number of carbonyl (C=O) groups excluding carboxylic acids is 1. The Labute approximate surface area is 101 Å². The van der Waals surface area contributed by atoms with Crippen molar-refractivity contribution in [2.75, 3.05) is 6.54 Å². The van der Waals surface area contributed by atoms with Crippen LogP contribution in [0.15, 0.2) is 18.2 Å². The minimum absolute atomic E-state index is 0.0557. The van der Waals surface area contributed by atoms with E-state index in [0.29, 0.717) is 18.5 Å². The molecule has 1 N–H and O–H groups in total. The lowest BCUT2D eigenvalue weighted by atomic mass is 10.1. The van der Waals surface area contributed by atoms with Crippen LogP contribution in [0.25, 0.3) is 0 Å². The average molecular weight is 226 g/mol. The van der Waals surface area contributed by atoms with Crippen molar-refractivity contribution in [3.8, 4) is 17.9 Å². The summed E-state index contributed by atoms with van der Waals surface area (Å²) >= 11 is 0. The van der Waals surface area contributed by atoms with Crippen LogP contribution in [0.2, 0.25) is 0 Å². The molecule has 1 aromatic carbocycles. The van der Waals surface area contributed by atoms with Gasteiger partial charge in [0, 0.05) is 25.5 Å². The van der Waals surface area contributed by atoms with Crippen LogP contribution in [0.4, 0.5) is 0 Å². The first-order valence-electron chi connectivity index (χ1n) is 5.37. The maximum absolute atomic E-state index is 10.6. The second-order valence-corrected chi connectivity index (χ2v) is 3.70. The molecule has 0 heterocycles. The van der Waals surface area contributed by atoms with Crippen molar-refractivity contribution in [2.45, 2.75) is 20.3 Å². The van der Waals surface area contributed by atoms with Gasteiger partial charge >= 0.3 is 0 Å². The normalized spacial score (nSPS) is 8.76. The number of rotatable bonds is 2. The van der Waals surface area contributed by atoms with E-state index < -0.39 is 0 Å². The quantitative estimate of drug-likeness (QED) is 0.617. The van der Waals surface area contributed by atoms with E-state index in [1.54, 1.807) is 0 Å². The highest BCUT2D eigenvalue weighted by Crippen LogP contribution is 2.09. The molecule has 0 aliphatic rings. The number of hydrogen-bond donors (Lipinski definition) is 1. The molecule has 0 fully saturated rings. The van der Waals surface area contributed by atoms with Crippen molar-refractivity contribution in [1.82, 2.24) is 5.32 Å². The molecule has 0 spiro atoms. The van der Waals surface area contributed by atoms with Crippen LogP contribution in [0.1, 0.15) is 30.0 Å². The van der Waals surface area contributed by atoms with E-state index in [0.717, 1.165) is 11.1 Å². The number of amides is 1. The highest BCUT2D eigenvalue weighted by Gasteiger charge is 1.98. The molecule has 0 unspecified atom stereocenters. The van der Waals surface area contributed by atoms with Gasteiger partial charge in [-0.1, -0.05) is 17.9 Å². The van der Waals surface area contributed by atoms with Crippen LogP contribution in [0.3, 0.4) is 0 Å². The molecule has 1 rings (SSSR count). The van der Waals surface area contributed by atoms with Crippen molar-refractivity contribution in [3.63, 3.8) is 0 Å². The van der Waals surface area contributed by atoms with Gasteiger partial charge in [-0.2, -0.15) is 5.26 Å². The van der Waals surface area contributed by atoms with E-state index in [-0.39, 0.29) is 5.91 Å². The Hall–Kier alpha value is -2.26. The summed E-state index contributed by atoms with van der Waals surface area (Å²) in [6.45, 7) is 3.95. The lowest BCUT2D eigenvalue weighted by Gasteiger charge is -1.97. The predicted octanol–water partition coefficient (Wildman–Crippen LogP) is 1.74. The molecule has 0 aromatic heterocycles. The Balaban J connectivity index is 2.66. The number of benzene rings is 1. The van der Waals surface area contributed by atoms with Crippen LogP contribution in [-0.4, -0.2) is 12.5 Å². The molecule has 0 aliphatic carbocycles. The first kappa shape index (κ1) is 12.8. The lowest BCUT2D eigenvalue weighted by molar-refractivity contribution is -0.118. The molecule has 0 bridgehead atoms. The van der Waals surface area contributed by atoms with Crippen molar-refractivity contribution < 1.29 is 4.79 Å². The van der Waals surface area contributed by atoms with Gasteiger partial charge in [0.15, 0.2) is 0 Å². The Bertz CT molecular complexity index is 515. The lowest BCUT2D eigenvalue weighted by Crippen LogP contribution is -2.20. The number of nitrogens with one attached hydrogen (secondary N) is 1. The minimum atomic E-state index is -0.0557. The number of carbonyl (C=O) groups is 1. The predicted molar refractivity (Wildman–Crippen MR) is 66.1 cm³/mol. The highest BCUT2D eigenvalue weighted by atomic mass is 16.1. The topological polar surface area (TPSA) is 52.9 Å². The molecule has 17 heavy (non-hydrogen) atoms. The van der Waals surface area contributed by atoms with Gasteiger partial charge in [-0.15, -0.1) is 0 Å². The van der Waals surface area contributed by atoms with Gasteiger partial charge in [-0.05, 0) is 24.6 Å². The average Bonchev–Trinajstić information content (AvgIpc) is 2.29. The van der Waals surface area contributed by atoms with Crippen molar-refractivity contribution >= 4 is 5.91 Å². The summed E-state index contributed by atoms with van der Waals surface area (Å²) in [6, 6.07) is 7.72. The smallest absolute Gasteiger partial charge is 0.216 e. The molecular formula is C14H14N2O. The SMILES string of the molecule is CC(=O)NCCC#Cc1ccc(C)cc1C#N. The number of nitrogens with zero attached hydrogens (tertiary/aromatic N) is 1. The molecule has 0 radical (unpaired) electrons. The van der Waals surface area contributed by atoms with E-state index >= 15 is 0 Å². The number of aryl methyl sites for hydroxylation is 1. The molecular weight excluding hydrogens is 212 g/mol. The first-order chi connectivity index (χ1) is 8.13. The van der Waals surface area contributed by atoms with E-state index in [4.69, 9.17) is 5.26 Å². The van der Waals surface area contributed by atoms with Gasteiger partial charge in [-0.3, -0.25) is 4.79 Å².